The van der Waals surface area contributed by atoms with Crippen LogP contribution >= 0.6 is 0 Å². The van der Waals surface area contributed by atoms with E-state index in [1.807, 2.05) is 31.2 Å². The maximum absolute atomic E-state index is 11.5. The zero-order valence-electron chi connectivity index (χ0n) is 10.4. The summed E-state index contributed by atoms with van der Waals surface area (Å²) >= 11 is 0. The van der Waals surface area contributed by atoms with Gasteiger partial charge >= 0.3 is 0 Å². The molecule has 0 spiro atoms. The third-order valence-corrected chi connectivity index (χ3v) is 2.55. The first-order valence-corrected chi connectivity index (χ1v) is 5.77. The number of ether oxygens (including phenoxy) is 1. The number of carbonyl (C=O) groups is 1. The van der Waals surface area contributed by atoms with Crippen LogP contribution in [0.15, 0.2) is 24.3 Å². The van der Waals surface area contributed by atoms with Gasteiger partial charge < -0.3 is 15.8 Å². The number of methoxy groups -OCH3 is 1. The topological polar surface area (TPSA) is 64.4 Å². The maximum atomic E-state index is 11.5. The summed E-state index contributed by atoms with van der Waals surface area (Å²) < 4.78 is 5.06. The standard InChI is InChI=1S/C13H20N2O2/c1-3-12(14)13(16)15-8-10-5-4-6-11(7-10)9-17-2/h4-7,12H,3,8-9,14H2,1-2H3,(H,15,16)/t12-/m1/s1. The monoisotopic (exact) mass is 236 g/mol. The van der Waals surface area contributed by atoms with Gasteiger partial charge in [-0.1, -0.05) is 31.2 Å². The first-order chi connectivity index (χ1) is 8.17. The van der Waals surface area contributed by atoms with E-state index in [9.17, 15) is 4.79 Å². The van der Waals surface area contributed by atoms with Gasteiger partial charge in [-0.15, -0.1) is 0 Å². The van der Waals surface area contributed by atoms with Crippen molar-refractivity contribution < 1.29 is 9.53 Å². The van der Waals surface area contributed by atoms with Crippen LogP contribution in [0.3, 0.4) is 0 Å². The lowest BCUT2D eigenvalue weighted by Crippen LogP contribution is -2.39. The van der Waals surface area contributed by atoms with E-state index >= 15 is 0 Å². The van der Waals surface area contributed by atoms with Crippen LogP contribution in [0.25, 0.3) is 0 Å². The van der Waals surface area contributed by atoms with Crippen LogP contribution in [-0.4, -0.2) is 19.1 Å². The molecule has 0 bridgehead atoms. The molecule has 0 heterocycles. The molecule has 1 atom stereocenters. The minimum atomic E-state index is -0.419. The molecular weight excluding hydrogens is 216 g/mol. The van der Waals surface area contributed by atoms with E-state index in [1.54, 1.807) is 7.11 Å². The van der Waals surface area contributed by atoms with E-state index in [4.69, 9.17) is 10.5 Å². The largest absolute Gasteiger partial charge is 0.380 e. The minimum Gasteiger partial charge on any atom is -0.380 e. The molecule has 1 aromatic rings. The second-order valence-corrected chi connectivity index (χ2v) is 3.99. The van der Waals surface area contributed by atoms with Gasteiger partial charge in [0.25, 0.3) is 0 Å². The van der Waals surface area contributed by atoms with Crippen molar-refractivity contribution in [2.24, 2.45) is 5.73 Å². The quantitative estimate of drug-likeness (QED) is 0.779. The van der Waals surface area contributed by atoms with Gasteiger partial charge in [-0.2, -0.15) is 0 Å². The smallest absolute Gasteiger partial charge is 0.237 e. The zero-order chi connectivity index (χ0) is 12.7. The number of hydrogen-bond acceptors (Lipinski definition) is 3. The van der Waals surface area contributed by atoms with E-state index in [-0.39, 0.29) is 5.91 Å². The maximum Gasteiger partial charge on any atom is 0.237 e. The van der Waals surface area contributed by atoms with Crippen molar-refractivity contribution in [3.63, 3.8) is 0 Å². The van der Waals surface area contributed by atoms with Gasteiger partial charge in [0.1, 0.15) is 0 Å². The third kappa shape index (κ3) is 4.54. The van der Waals surface area contributed by atoms with Crippen LogP contribution in [-0.2, 0) is 22.7 Å². The van der Waals surface area contributed by atoms with Gasteiger partial charge in [0.2, 0.25) is 5.91 Å². The highest BCUT2D eigenvalue weighted by Crippen LogP contribution is 2.06. The predicted octanol–water partition coefficient (Wildman–Crippen LogP) is 1.19. The third-order valence-electron chi connectivity index (χ3n) is 2.55. The Morgan fingerprint density at radius 1 is 1.47 bits per heavy atom. The number of amides is 1. The molecule has 1 aromatic carbocycles. The molecule has 0 saturated carbocycles. The summed E-state index contributed by atoms with van der Waals surface area (Å²) in [6, 6.07) is 7.51. The van der Waals surface area contributed by atoms with Crippen molar-refractivity contribution in [3.05, 3.63) is 35.4 Å². The van der Waals surface area contributed by atoms with Crippen molar-refractivity contribution in [2.45, 2.75) is 32.5 Å². The molecule has 4 heteroatoms. The molecule has 0 saturated heterocycles. The second-order valence-electron chi connectivity index (χ2n) is 3.99. The fourth-order valence-corrected chi connectivity index (χ4v) is 1.50. The SMILES string of the molecule is CC[C@@H](N)C(=O)NCc1cccc(COC)c1. The molecule has 94 valence electrons. The van der Waals surface area contributed by atoms with Crippen molar-refractivity contribution in [1.82, 2.24) is 5.32 Å². The summed E-state index contributed by atoms with van der Waals surface area (Å²) in [5.74, 6) is -0.107. The highest BCUT2D eigenvalue weighted by molar-refractivity contribution is 5.81. The van der Waals surface area contributed by atoms with Crippen molar-refractivity contribution in [1.29, 1.82) is 0 Å². The van der Waals surface area contributed by atoms with Gasteiger partial charge in [-0.3, -0.25) is 4.79 Å². The Morgan fingerprint density at radius 2 is 2.18 bits per heavy atom. The number of nitrogens with one attached hydrogen (secondary N) is 1. The molecule has 0 aliphatic heterocycles. The number of rotatable bonds is 6. The molecule has 1 rings (SSSR count). The summed E-state index contributed by atoms with van der Waals surface area (Å²) in [5, 5.41) is 2.81. The Balaban J connectivity index is 2.51. The van der Waals surface area contributed by atoms with Crippen LogP contribution in [0.4, 0.5) is 0 Å². The van der Waals surface area contributed by atoms with E-state index in [1.165, 1.54) is 0 Å². The minimum absolute atomic E-state index is 0.107. The summed E-state index contributed by atoms with van der Waals surface area (Å²) in [7, 11) is 1.66. The Hall–Kier alpha value is -1.39. The first kappa shape index (κ1) is 13.7. The normalized spacial score (nSPS) is 12.2. The average Bonchev–Trinajstić information content (AvgIpc) is 2.36. The van der Waals surface area contributed by atoms with E-state index in [0.29, 0.717) is 19.6 Å². The molecule has 0 aliphatic rings. The zero-order valence-corrected chi connectivity index (χ0v) is 10.4. The van der Waals surface area contributed by atoms with Crippen LogP contribution in [0.2, 0.25) is 0 Å². The van der Waals surface area contributed by atoms with Gasteiger partial charge in [0.15, 0.2) is 0 Å². The molecule has 0 unspecified atom stereocenters. The summed E-state index contributed by atoms with van der Waals surface area (Å²) in [6.45, 7) is 2.98. The molecule has 0 aromatic heterocycles. The highest BCUT2D eigenvalue weighted by atomic mass is 16.5. The highest BCUT2D eigenvalue weighted by Gasteiger charge is 2.09. The summed E-state index contributed by atoms with van der Waals surface area (Å²) in [4.78, 5) is 11.5. The second kappa shape index (κ2) is 7.04. The Bertz CT molecular complexity index is 366. The van der Waals surface area contributed by atoms with E-state index in [2.05, 4.69) is 5.32 Å². The molecule has 0 fully saturated rings. The fourth-order valence-electron chi connectivity index (χ4n) is 1.50. The van der Waals surface area contributed by atoms with Gasteiger partial charge in [0, 0.05) is 13.7 Å². The molecule has 3 N–H and O–H groups in total. The Labute approximate surface area is 102 Å². The first-order valence-electron chi connectivity index (χ1n) is 5.77. The lowest BCUT2D eigenvalue weighted by Gasteiger charge is -2.10. The Kier molecular flexibility index (Phi) is 5.66. The fraction of sp³-hybridized carbons (Fsp3) is 0.462. The predicted molar refractivity (Wildman–Crippen MR) is 67.3 cm³/mol. The summed E-state index contributed by atoms with van der Waals surface area (Å²) in [5.41, 5.74) is 7.77. The molecule has 1 amide bonds. The van der Waals surface area contributed by atoms with Crippen molar-refractivity contribution in [2.75, 3.05) is 7.11 Å². The van der Waals surface area contributed by atoms with Crippen LogP contribution in [0, 0.1) is 0 Å². The van der Waals surface area contributed by atoms with Crippen molar-refractivity contribution >= 4 is 5.91 Å². The number of hydrogen-bond donors (Lipinski definition) is 2. The van der Waals surface area contributed by atoms with Crippen molar-refractivity contribution in [3.8, 4) is 0 Å². The number of carbonyl (C=O) groups excluding carboxylic acids is 1. The summed E-state index contributed by atoms with van der Waals surface area (Å²) in [6.07, 6.45) is 0.648. The number of benzene rings is 1. The van der Waals surface area contributed by atoms with Crippen LogP contribution in [0.5, 0.6) is 0 Å². The van der Waals surface area contributed by atoms with Crippen LogP contribution in [0.1, 0.15) is 24.5 Å². The van der Waals surface area contributed by atoms with E-state index in [0.717, 1.165) is 11.1 Å². The Morgan fingerprint density at radius 3 is 2.82 bits per heavy atom. The molecule has 17 heavy (non-hydrogen) atoms. The van der Waals surface area contributed by atoms with Crippen LogP contribution < -0.4 is 11.1 Å². The van der Waals surface area contributed by atoms with Gasteiger partial charge in [-0.25, -0.2) is 0 Å². The number of nitrogens with two attached hydrogens (primary N) is 1. The lowest BCUT2D eigenvalue weighted by molar-refractivity contribution is -0.122. The van der Waals surface area contributed by atoms with Gasteiger partial charge in [-0.05, 0) is 17.5 Å². The lowest BCUT2D eigenvalue weighted by atomic mass is 10.1. The molecule has 0 radical (unpaired) electrons. The van der Waals surface area contributed by atoms with Gasteiger partial charge in [0.05, 0.1) is 12.6 Å². The molecule has 4 nitrogen and oxygen atoms in total. The van der Waals surface area contributed by atoms with E-state index < -0.39 is 6.04 Å². The molecule has 0 aliphatic carbocycles. The molecular formula is C13H20N2O2. The average molecular weight is 236 g/mol.